The van der Waals surface area contributed by atoms with Crippen molar-refractivity contribution in [3.63, 3.8) is 0 Å². The van der Waals surface area contributed by atoms with Gasteiger partial charge in [-0.3, -0.25) is 14.5 Å². The monoisotopic (exact) mass is 366 g/mol. The fourth-order valence-corrected chi connectivity index (χ4v) is 2.89. The Kier molecular flexibility index (Phi) is 5.26. The predicted octanol–water partition coefficient (Wildman–Crippen LogP) is 3.12. The van der Waals surface area contributed by atoms with E-state index in [9.17, 15) is 14.4 Å². The van der Waals surface area contributed by atoms with Crippen molar-refractivity contribution in [1.29, 1.82) is 0 Å². The molecule has 1 saturated heterocycles. The van der Waals surface area contributed by atoms with E-state index in [-0.39, 0.29) is 13.2 Å². The molecule has 1 fully saturated rings. The van der Waals surface area contributed by atoms with Gasteiger partial charge in [-0.25, -0.2) is 4.79 Å². The predicted molar refractivity (Wildman–Crippen MR) is 101 cm³/mol. The highest BCUT2D eigenvalue weighted by Gasteiger charge is 2.47. The number of imide groups is 1. The minimum absolute atomic E-state index is 0.0859. The maximum atomic E-state index is 12.3. The van der Waals surface area contributed by atoms with Crippen LogP contribution in [0.4, 0.5) is 4.79 Å². The highest BCUT2D eigenvalue weighted by Crippen LogP contribution is 2.21. The van der Waals surface area contributed by atoms with Crippen LogP contribution in [0.15, 0.2) is 54.6 Å². The Morgan fingerprint density at radius 2 is 1.67 bits per heavy atom. The number of urea groups is 1. The Morgan fingerprint density at radius 1 is 1.04 bits per heavy atom. The van der Waals surface area contributed by atoms with Crippen molar-refractivity contribution in [2.45, 2.75) is 32.4 Å². The number of benzene rings is 2. The number of amides is 3. The average Bonchev–Trinajstić information content (AvgIpc) is 2.91. The molecule has 1 N–H and O–H groups in total. The molecule has 1 aliphatic rings. The first-order valence-corrected chi connectivity index (χ1v) is 8.87. The second kappa shape index (κ2) is 7.61. The zero-order chi connectivity index (χ0) is 19.4. The van der Waals surface area contributed by atoms with Crippen molar-refractivity contribution in [3.05, 3.63) is 60.2 Å². The second-order valence-electron chi connectivity index (χ2n) is 6.73. The van der Waals surface area contributed by atoms with Crippen LogP contribution in [0.3, 0.4) is 0 Å². The molecule has 1 aliphatic heterocycles. The summed E-state index contributed by atoms with van der Waals surface area (Å²) < 4.78 is 5.22. The molecule has 140 valence electrons. The number of rotatable bonds is 6. The van der Waals surface area contributed by atoms with Crippen molar-refractivity contribution >= 4 is 17.9 Å². The lowest BCUT2D eigenvalue weighted by atomic mass is 9.99. The molecule has 0 unspecified atom stereocenters. The highest BCUT2D eigenvalue weighted by molar-refractivity contribution is 6.08. The van der Waals surface area contributed by atoms with E-state index in [0.717, 1.165) is 21.6 Å². The van der Waals surface area contributed by atoms with Crippen molar-refractivity contribution in [2.75, 3.05) is 6.54 Å². The topological polar surface area (TPSA) is 75.7 Å². The van der Waals surface area contributed by atoms with Crippen LogP contribution >= 0.6 is 0 Å². The van der Waals surface area contributed by atoms with Gasteiger partial charge < -0.3 is 10.1 Å². The Morgan fingerprint density at radius 3 is 2.26 bits per heavy atom. The van der Waals surface area contributed by atoms with Crippen LogP contribution in [-0.2, 0) is 20.9 Å². The maximum Gasteiger partial charge on any atom is 0.326 e. The van der Waals surface area contributed by atoms with Gasteiger partial charge in [0.1, 0.15) is 18.7 Å². The van der Waals surface area contributed by atoms with Crippen LogP contribution in [-0.4, -0.2) is 34.9 Å². The highest BCUT2D eigenvalue weighted by atomic mass is 16.5. The van der Waals surface area contributed by atoms with Crippen molar-refractivity contribution in [2.24, 2.45) is 0 Å². The lowest BCUT2D eigenvalue weighted by molar-refractivity contribution is -0.148. The van der Waals surface area contributed by atoms with Crippen LogP contribution in [0.5, 0.6) is 0 Å². The van der Waals surface area contributed by atoms with Crippen molar-refractivity contribution in [1.82, 2.24) is 10.2 Å². The van der Waals surface area contributed by atoms with Gasteiger partial charge in [0.15, 0.2) is 0 Å². The van der Waals surface area contributed by atoms with E-state index in [1.807, 2.05) is 54.6 Å². The first-order valence-electron chi connectivity index (χ1n) is 8.87. The fraction of sp³-hybridized carbons (Fsp3) is 0.286. The molecule has 0 aromatic heterocycles. The summed E-state index contributed by atoms with van der Waals surface area (Å²) in [6.07, 6.45) is 0.455. The molecule has 6 nitrogen and oxygen atoms in total. The summed E-state index contributed by atoms with van der Waals surface area (Å²) in [6, 6.07) is 17.1. The van der Waals surface area contributed by atoms with Gasteiger partial charge in [-0.15, -0.1) is 0 Å². The molecule has 6 heteroatoms. The number of esters is 1. The van der Waals surface area contributed by atoms with E-state index >= 15 is 0 Å². The molecule has 0 saturated carbocycles. The summed E-state index contributed by atoms with van der Waals surface area (Å²) in [7, 11) is 0. The lowest BCUT2D eigenvalue weighted by Gasteiger charge is -2.18. The minimum Gasteiger partial charge on any atom is -0.459 e. The minimum atomic E-state index is -0.954. The second-order valence-corrected chi connectivity index (χ2v) is 6.73. The lowest BCUT2D eigenvalue weighted by Crippen LogP contribution is -2.43. The van der Waals surface area contributed by atoms with Gasteiger partial charge in [0.05, 0.1) is 0 Å². The summed E-state index contributed by atoms with van der Waals surface area (Å²) in [5.41, 5.74) is 2.06. The summed E-state index contributed by atoms with van der Waals surface area (Å²) >= 11 is 0. The van der Waals surface area contributed by atoms with Crippen molar-refractivity contribution in [3.8, 4) is 11.1 Å². The number of carbonyl (C=O) groups excluding carboxylic acids is 3. The number of hydrogen-bond acceptors (Lipinski definition) is 4. The standard InChI is InChI=1S/C21H22N2O4/c1-3-21(2)19(25)23(20(26)22-21)13-18(24)27-14-15-9-11-17(12-10-15)16-7-5-4-6-8-16/h4-12H,3,13-14H2,1-2H3,(H,22,26)/t21-/m1/s1. The molecular weight excluding hydrogens is 344 g/mol. The van der Waals surface area contributed by atoms with E-state index < -0.39 is 23.4 Å². The zero-order valence-electron chi connectivity index (χ0n) is 15.4. The van der Waals surface area contributed by atoms with E-state index in [2.05, 4.69) is 5.32 Å². The third-order valence-electron chi connectivity index (χ3n) is 4.80. The van der Waals surface area contributed by atoms with E-state index in [1.54, 1.807) is 13.8 Å². The first kappa shape index (κ1) is 18.6. The van der Waals surface area contributed by atoms with E-state index in [0.29, 0.717) is 6.42 Å². The number of nitrogens with one attached hydrogen (secondary N) is 1. The third-order valence-corrected chi connectivity index (χ3v) is 4.80. The van der Waals surface area contributed by atoms with Gasteiger partial charge in [0.25, 0.3) is 5.91 Å². The molecule has 0 aliphatic carbocycles. The molecule has 1 heterocycles. The number of carbonyl (C=O) groups is 3. The normalized spacial score (nSPS) is 19.1. The zero-order valence-corrected chi connectivity index (χ0v) is 15.4. The molecule has 3 rings (SSSR count). The summed E-state index contributed by atoms with van der Waals surface area (Å²) in [5, 5.41) is 2.61. The Bertz CT molecular complexity index is 848. The molecule has 3 amide bonds. The number of ether oxygens (including phenoxy) is 1. The molecule has 2 aromatic carbocycles. The smallest absolute Gasteiger partial charge is 0.326 e. The Balaban J connectivity index is 1.55. The van der Waals surface area contributed by atoms with Gasteiger partial charge in [0.2, 0.25) is 0 Å². The average molecular weight is 366 g/mol. The van der Waals surface area contributed by atoms with Crippen LogP contribution in [0.1, 0.15) is 25.8 Å². The van der Waals surface area contributed by atoms with E-state index in [1.165, 1.54) is 0 Å². The van der Waals surface area contributed by atoms with Gasteiger partial charge >= 0.3 is 12.0 Å². The Hall–Kier alpha value is -3.15. The fourth-order valence-electron chi connectivity index (χ4n) is 2.89. The van der Waals surface area contributed by atoms with Crippen LogP contribution in [0, 0.1) is 0 Å². The summed E-state index contributed by atoms with van der Waals surface area (Å²) in [4.78, 5) is 37.2. The molecule has 2 aromatic rings. The van der Waals surface area contributed by atoms with Crippen LogP contribution < -0.4 is 5.32 Å². The molecule has 0 radical (unpaired) electrons. The van der Waals surface area contributed by atoms with Crippen LogP contribution in [0.25, 0.3) is 11.1 Å². The number of nitrogens with zero attached hydrogens (tertiary/aromatic N) is 1. The quantitative estimate of drug-likeness (QED) is 0.630. The van der Waals surface area contributed by atoms with Gasteiger partial charge in [-0.05, 0) is 30.0 Å². The van der Waals surface area contributed by atoms with Crippen LogP contribution in [0.2, 0.25) is 0 Å². The van der Waals surface area contributed by atoms with Crippen molar-refractivity contribution < 1.29 is 19.1 Å². The number of hydrogen-bond donors (Lipinski definition) is 1. The van der Waals surface area contributed by atoms with E-state index in [4.69, 9.17) is 4.74 Å². The molecule has 1 atom stereocenters. The summed E-state index contributed by atoms with van der Waals surface area (Å²) in [6.45, 7) is 3.15. The SMILES string of the molecule is CC[C@@]1(C)NC(=O)N(CC(=O)OCc2ccc(-c3ccccc3)cc2)C1=O. The largest absolute Gasteiger partial charge is 0.459 e. The molecule has 0 bridgehead atoms. The summed E-state index contributed by atoms with van der Waals surface area (Å²) in [5.74, 6) is -1.02. The van der Waals surface area contributed by atoms with Gasteiger partial charge in [-0.1, -0.05) is 61.5 Å². The van der Waals surface area contributed by atoms with Gasteiger partial charge in [-0.2, -0.15) is 0 Å². The first-order chi connectivity index (χ1) is 12.9. The molecule has 27 heavy (non-hydrogen) atoms. The maximum absolute atomic E-state index is 12.3. The third kappa shape index (κ3) is 4.00. The molecular formula is C21H22N2O4. The van der Waals surface area contributed by atoms with Gasteiger partial charge in [0, 0.05) is 0 Å². The Labute approximate surface area is 158 Å². The molecule has 0 spiro atoms.